The zero-order valence-electron chi connectivity index (χ0n) is 10.8. The van der Waals surface area contributed by atoms with E-state index >= 15 is 0 Å². The van der Waals surface area contributed by atoms with Gasteiger partial charge in [-0.3, -0.25) is 0 Å². The molecule has 1 aliphatic heterocycles. The first-order valence-corrected chi connectivity index (χ1v) is 6.38. The van der Waals surface area contributed by atoms with E-state index in [1.807, 2.05) is 31.5 Å². The first-order chi connectivity index (χ1) is 8.66. The van der Waals surface area contributed by atoms with E-state index in [0.717, 1.165) is 43.3 Å². The van der Waals surface area contributed by atoms with Gasteiger partial charge in [-0.1, -0.05) is 0 Å². The second-order valence-electron chi connectivity index (χ2n) is 5.19. The molecule has 1 aliphatic rings. The van der Waals surface area contributed by atoms with Crippen LogP contribution in [0.1, 0.15) is 25.5 Å². The molecule has 0 saturated carbocycles. The highest BCUT2D eigenvalue weighted by atomic mass is 16.5. The Morgan fingerprint density at radius 1 is 1.44 bits per heavy atom. The highest BCUT2D eigenvalue weighted by Gasteiger charge is 2.31. The second kappa shape index (κ2) is 4.28. The van der Waals surface area contributed by atoms with Crippen LogP contribution in [0.2, 0.25) is 0 Å². The Balaban J connectivity index is 1.87. The standard InChI is InChI=1S/C14H18N2O2/c1-11-4-5-12(18-11)13-15-7-8-16(13)10-14(2)6-3-9-17-14/h4-5,7-8H,3,6,9-10H2,1-2H3. The molecule has 4 nitrogen and oxygen atoms in total. The Kier molecular flexibility index (Phi) is 2.74. The minimum atomic E-state index is -0.0723. The monoisotopic (exact) mass is 246 g/mol. The van der Waals surface area contributed by atoms with Crippen molar-refractivity contribution in [2.24, 2.45) is 0 Å². The number of nitrogens with zero attached hydrogens (tertiary/aromatic N) is 2. The molecule has 1 atom stereocenters. The van der Waals surface area contributed by atoms with Crippen molar-refractivity contribution >= 4 is 0 Å². The maximum absolute atomic E-state index is 5.83. The lowest BCUT2D eigenvalue weighted by molar-refractivity contribution is 0.00651. The van der Waals surface area contributed by atoms with E-state index in [1.165, 1.54) is 0 Å². The van der Waals surface area contributed by atoms with E-state index in [2.05, 4.69) is 16.5 Å². The molecule has 3 heterocycles. The summed E-state index contributed by atoms with van der Waals surface area (Å²) in [6.07, 6.45) is 6.04. The average molecular weight is 246 g/mol. The van der Waals surface area contributed by atoms with Crippen LogP contribution in [0.25, 0.3) is 11.6 Å². The number of imidazole rings is 1. The predicted octanol–water partition coefficient (Wildman–Crippen LogP) is 3.02. The quantitative estimate of drug-likeness (QED) is 0.835. The lowest BCUT2D eigenvalue weighted by atomic mass is 10.0. The highest BCUT2D eigenvalue weighted by molar-refractivity contribution is 5.47. The molecule has 0 aliphatic carbocycles. The van der Waals surface area contributed by atoms with Gasteiger partial charge in [0.2, 0.25) is 0 Å². The summed E-state index contributed by atoms with van der Waals surface area (Å²) >= 11 is 0. The molecule has 0 aromatic carbocycles. The Hall–Kier alpha value is -1.55. The topological polar surface area (TPSA) is 40.2 Å². The lowest BCUT2D eigenvalue weighted by Crippen LogP contribution is -2.29. The van der Waals surface area contributed by atoms with Crippen LogP contribution >= 0.6 is 0 Å². The van der Waals surface area contributed by atoms with Gasteiger partial charge in [0.15, 0.2) is 11.6 Å². The van der Waals surface area contributed by atoms with Crippen molar-refractivity contribution in [1.82, 2.24) is 9.55 Å². The summed E-state index contributed by atoms with van der Waals surface area (Å²) < 4.78 is 13.6. The van der Waals surface area contributed by atoms with E-state index in [4.69, 9.17) is 9.15 Å². The van der Waals surface area contributed by atoms with Gasteiger partial charge in [-0.2, -0.15) is 0 Å². The van der Waals surface area contributed by atoms with Crippen molar-refractivity contribution in [3.63, 3.8) is 0 Å². The molecule has 2 aromatic rings. The van der Waals surface area contributed by atoms with E-state index in [9.17, 15) is 0 Å². The smallest absolute Gasteiger partial charge is 0.176 e. The van der Waals surface area contributed by atoms with Crippen LogP contribution < -0.4 is 0 Å². The van der Waals surface area contributed by atoms with Crippen LogP contribution in [-0.2, 0) is 11.3 Å². The number of aryl methyl sites for hydroxylation is 1. The minimum Gasteiger partial charge on any atom is -0.458 e. The van der Waals surface area contributed by atoms with Crippen molar-refractivity contribution in [2.45, 2.75) is 38.8 Å². The van der Waals surface area contributed by atoms with Crippen molar-refractivity contribution in [2.75, 3.05) is 6.61 Å². The number of rotatable bonds is 3. The summed E-state index contributed by atoms with van der Waals surface area (Å²) in [5.41, 5.74) is -0.0723. The molecule has 96 valence electrons. The number of aromatic nitrogens is 2. The van der Waals surface area contributed by atoms with E-state index in [1.54, 1.807) is 0 Å². The maximum Gasteiger partial charge on any atom is 0.176 e. The van der Waals surface area contributed by atoms with Gasteiger partial charge in [-0.15, -0.1) is 0 Å². The predicted molar refractivity (Wildman–Crippen MR) is 68.3 cm³/mol. The van der Waals surface area contributed by atoms with Crippen LogP contribution in [0.4, 0.5) is 0 Å². The van der Waals surface area contributed by atoms with Gasteiger partial charge in [-0.05, 0) is 38.8 Å². The fourth-order valence-electron chi connectivity index (χ4n) is 2.54. The molecule has 1 fully saturated rings. The van der Waals surface area contributed by atoms with Gasteiger partial charge in [0.25, 0.3) is 0 Å². The van der Waals surface area contributed by atoms with Crippen LogP contribution in [0, 0.1) is 6.92 Å². The molecule has 0 bridgehead atoms. The summed E-state index contributed by atoms with van der Waals surface area (Å²) in [5.74, 6) is 2.60. The Labute approximate surface area is 107 Å². The molecule has 1 saturated heterocycles. The van der Waals surface area contributed by atoms with Gasteiger partial charge in [0.1, 0.15) is 5.76 Å². The van der Waals surface area contributed by atoms with Crippen LogP contribution in [0.15, 0.2) is 28.9 Å². The molecular weight excluding hydrogens is 228 g/mol. The number of furan rings is 1. The molecule has 2 aromatic heterocycles. The SMILES string of the molecule is Cc1ccc(-c2nccn2CC2(C)CCCO2)o1. The number of hydrogen-bond donors (Lipinski definition) is 0. The van der Waals surface area contributed by atoms with E-state index < -0.39 is 0 Å². The third-order valence-electron chi connectivity index (χ3n) is 3.48. The van der Waals surface area contributed by atoms with Crippen molar-refractivity contribution in [3.05, 3.63) is 30.3 Å². The molecule has 0 amide bonds. The molecule has 18 heavy (non-hydrogen) atoms. The van der Waals surface area contributed by atoms with E-state index in [0.29, 0.717) is 0 Å². The molecule has 4 heteroatoms. The van der Waals surface area contributed by atoms with Crippen LogP contribution in [0.5, 0.6) is 0 Å². The molecule has 3 rings (SSSR count). The molecular formula is C14H18N2O2. The third-order valence-corrected chi connectivity index (χ3v) is 3.48. The summed E-state index contributed by atoms with van der Waals surface area (Å²) in [4.78, 5) is 4.39. The molecule has 0 N–H and O–H groups in total. The summed E-state index contributed by atoms with van der Waals surface area (Å²) in [6, 6.07) is 3.92. The first kappa shape index (κ1) is 11.5. The average Bonchev–Trinajstić information content (AvgIpc) is 3.01. The zero-order chi connectivity index (χ0) is 12.6. The van der Waals surface area contributed by atoms with Gasteiger partial charge in [-0.25, -0.2) is 4.98 Å². The Morgan fingerprint density at radius 3 is 3.00 bits per heavy atom. The first-order valence-electron chi connectivity index (χ1n) is 6.38. The fourth-order valence-corrected chi connectivity index (χ4v) is 2.54. The van der Waals surface area contributed by atoms with Gasteiger partial charge in [0, 0.05) is 19.0 Å². The molecule has 1 unspecified atom stereocenters. The minimum absolute atomic E-state index is 0.0723. The van der Waals surface area contributed by atoms with Crippen molar-refractivity contribution in [1.29, 1.82) is 0 Å². The largest absolute Gasteiger partial charge is 0.458 e. The molecule has 0 spiro atoms. The Morgan fingerprint density at radius 2 is 2.33 bits per heavy atom. The zero-order valence-corrected chi connectivity index (χ0v) is 10.8. The van der Waals surface area contributed by atoms with E-state index in [-0.39, 0.29) is 5.60 Å². The van der Waals surface area contributed by atoms with Crippen molar-refractivity contribution in [3.8, 4) is 11.6 Å². The number of ether oxygens (including phenoxy) is 1. The number of hydrogen-bond acceptors (Lipinski definition) is 3. The Bertz CT molecular complexity index is 535. The van der Waals surface area contributed by atoms with Crippen molar-refractivity contribution < 1.29 is 9.15 Å². The van der Waals surface area contributed by atoms with Gasteiger partial charge in [0.05, 0.1) is 12.1 Å². The van der Waals surface area contributed by atoms with Gasteiger partial charge < -0.3 is 13.7 Å². The second-order valence-corrected chi connectivity index (χ2v) is 5.19. The third kappa shape index (κ3) is 2.08. The lowest BCUT2D eigenvalue weighted by Gasteiger charge is -2.24. The summed E-state index contributed by atoms with van der Waals surface area (Å²) in [6.45, 7) is 5.79. The van der Waals surface area contributed by atoms with Gasteiger partial charge >= 0.3 is 0 Å². The summed E-state index contributed by atoms with van der Waals surface area (Å²) in [7, 11) is 0. The highest BCUT2D eigenvalue weighted by Crippen LogP contribution is 2.29. The fraction of sp³-hybridized carbons (Fsp3) is 0.500. The molecule has 0 radical (unpaired) electrons. The summed E-state index contributed by atoms with van der Waals surface area (Å²) in [5, 5.41) is 0. The maximum atomic E-state index is 5.83. The van der Waals surface area contributed by atoms with Crippen LogP contribution in [-0.4, -0.2) is 21.8 Å². The normalized spacial score (nSPS) is 23.7. The van der Waals surface area contributed by atoms with Crippen LogP contribution in [0.3, 0.4) is 0 Å².